The summed E-state index contributed by atoms with van der Waals surface area (Å²) in [7, 11) is 0. The van der Waals surface area contributed by atoms with Crippen molar-refractivity contribution in [3.8, 4) is 5.75 Å². The van der Waals surface area contributed by atoms with Gasteiger partial charge in [0.15, 0.2) is 0 Å². The Hall–Kier alpha value is -2.84. The molecule has 4 heterocycles. The smallest absolute Gasteiger partial charge is 0.328 e. The number of phenols is 1. The number of benzene rings is 2. The fourth-order valence-corrected chi connectivity index (χ4v) is 6.54. The van der Waals surface area contributed by atoms with Crippen LogP contribution < -0.4 is 0 Å². The largest absolute Gasteiger partial charge is 0.508 e. The molecule has 2 aromatic carbocycles. The van der Waals surface area contributed by atoms with Gasteiger partial charge in [0.05, 0.1) is 0 Å². The first-order valence-electron chi connectivity index (χ1n) is 12.3. The van der Waals surface area contributed by atoms with Gasteiger partial charge < -0.3 is 15.0 Å². The molecule has 0 spiro atoms. The number of carbonyl (C=O) groups excluding carboxylic acids is 2. The number of imide groups is 1. The third-order valence-corrected chi connectivity index (χ3v) is 8.36. The van der Waals surface area contributed by atoms with E-state index in [1.807, 2.05) is 25.1 Å². The summed E-state index contributed by atoms with van der Waals surface area (Å²) in [5.74, 6) is -0.000282. The van der Waals surface area contributed by atoms with Crippen LogP contribution in [0.1, 0.15) is 49.0 Å². The minimum absolute atomic E-state index is 0.135. The van der Waals surface area contributed by atoms with Crippen molar-refractivity contribution < 1.29 is 14.7 Å². The fourth-order valence-electron chi connectivity index (χ4n) is 6.18. The summed E-state index contributed by atoms with van der Waals surface area (Å²) >= 11 is 3.58. The van der Waals surface area contributed by atoms with Gasteiger partial charge >= 0.3 is 6.03 Å². The van der Waals surface area contributed by atoms with Gasteiger partial charge in [-0.15, -0.1) is 0 Å². The number of fused-ring (bicyclic) bond motifs is 4. The van der Waals surface area contributed by atoms with Crippen LogP contribution in [0.2, 0.25) is 0 Å². The number of carbonyl (C=O) groups is 2. The van der Waals surface area contributed by atoms with Crippen LogP contribution in [0.3, 0.4) is 0 Å². The van der Waals surface area contributed by atoms with Crippen LogP contribution in [0.15, 0.2) is 46.9 Å². The lowest BCUT2D eigenvalue weighted by Crippen LogP contribution is -2.53. The summed E-state index contributed by atoms with van der Waals surface area (Å²) in [4.78, 5) is 36.9. The molecular weight excluding hydrogens is 508 g/mol. The van der Waals surface area contributed by atoms with Gasteiger partial charge in [0, 0.05) is 34.0 Å². The minimum atomic E-state index is -0.995. The van der Waals surface area contributed by atoms with Crippen molar-refractivity contribution in [2.45, 2.75) is 44.2 Å². The Labute approximate surface area is 212 Å². The maximum absolute atomic E-state index is 13.9. The van der Waals surface area contributed by atoms with Gasteiger partial charge in [-0.1, -0.05) is 28.1 Å². The molecule has 35 heavy (non-hydrogen) atoms. The zero-order valence-corrected chi connectivity index (χ0v) is 21.3. The van der Waals surface area contributed by atoms with E-state index in [2.05, 4.69) is 31.9 Å². The first kappa shape index (κ1) is 22.6. The van der Waals surface area contributed by atoms with Gasteiger partial charge in [0.25, 0.3) is 5.91 Å². The summed E-state index contributed by atoms with van der Waals surface area (Å²) in [5.41, 5.74) is 2.71. The second-order valence-corrected chi connectivity index (χ2v) is 11.1. The molecule has 2 N–H and O–H groups in total. The lowest BCUT2D eigenvalue weighted by atomic mass is 9.81. The van der Waals surface area contributed by atoms with Crippen molar-refractivity contribution in [1.82, 2.24) is 19.7 Å². The Balaban J connectivity index is 1.42. The molecule has 3 aliphatic heterocycles. The molecule has 3 aliphatic rings. The van der Waals surface area contributed by atoms with E-state index >= 15 is 0 Å². The van der Waals surface area contributed by atoms with Gasteiger partial charge in [-0.25, -0.2) is 4.79 Å². The number of aromatic nitrogens is 1. The van der Waals surface area contributed by atoms with Crippen LogP contribution in [0, 0.1) is 0 Å². The Kier molecular flexibility index (Phi) is 5.41. The van der Waals surface area contributed by atoms with Crippen LogP contribution in [-0.4, -0.2) is 68.4 Å². The van der Waals surface area contributed by atoms with Crippen molar-refractivity contribution >= 4 is 38.8 Å². The highest BCUT2D eigenvalue weighted by molar-refractivity contribution is 9.10. The normalized spacial score (nSPS) is 24.5. The molecule has 3 aromatic rings. The number of hydrogen-bond donors (Lipinski definition) is 2. The number of hydrogen-bond acceptors (Lipinski definition) is 4. The van der Waals surface area contributed by atoms with Gasteiger partial charge in [-0.3, -0.25) is 14.6 Å². The highest BCUT2D eigenvalue weighted by Gasteiger charge is 2.60. The molecule has 7 nitrogen and oxygen atoms in total. The summed E-state index contributed by atoms with van der Waals surface area (Å²) in [6.45, 7) is 5.42. The molecule has 0 saturated carbocycles. The Morgan fingerprint density at radius 1 is 1.11 bits per heavy atom. The van der Waals surface area contributed by atoms with Crippen molar-refractivity contribution in [2.75, 3.05) is 26.2 Å². The predicted octanol–water partition coefficient (Wildman–Crippen LogP) is 4.79. The highest BCUT2D eigenvalue weighted by Crippen LogP contribution is 2.49. The van der Waals surface area contributed by atoms with E-state index in [1.54, 1.807) is 23.1 Å². The molecule has 0 aliphatic carbocycles. The molecule has 2 atom stereocenters. The van der Waals surface area contributed by atoms with Crippen LogP contribution in [0.25, 0.3) is 10.9 Å². The molecule has 1 aromatic heterocycles. The third kappa shape index (κ3) is 3.57. The zero-order valence-electron chi connectivity index (χ0n) is 19.8. The second kappa shape index (κ2) is 8.38. The van der Waals surface area contributed by atoms with Crippen LogP contribution in [0.4, 0.5) is 4.79 Å². The standard InChI is InChI=1S/C27H29BrN4O3/c1-27-16-21-20-15-18(28)8-9-22(20)29-23(21)24(17-6-4-7-19(33)14-17)32(27)26(35)31(25(27)34)13-5-12-30-10-2-3-11-30/h4,6-9,14-15,24,29,33H,2-3,5,10-13,16H2,1H3. The Morgan fingerprint density at radius 2 is 1.91 bits per heavy atom. The zero-order chi connectivity index (χ0) is 24.3. The molecule has 2 fully saturated rings. The number of rotatable bonds is 5. The number of aromatic hydroxyl groups is 1. The van der Waals surface area contributed by atoms with E-state index in [-0.39, 0.29) is 17.7 Å². The number of urea groups is 1. The monoisotopic (exact) mass is 536 g/mol. The van der Waals surface area contributed by atoms with Gasteiger partial charge in [-0.05, 0) is 87.3 Å². The van der Waals surface area contributed by atoms with E-state index in [0.717, 1.165) is 58.3 Å². The average molecular weight is 537 g/mol. The number of amides is 3. The number of H-pyrrole nitrogens is 1. The molecular formula is C27H29BrN4O3. The first-order chi connectivity index (χ1) is 16.9. The van der Waals surface area contributed by atoms with E-state index in [0.29, 0.717) is 13.0 Å². The first-order valence-corrected chi connectivity index (χ1v) is 13.1. The lowest BCUT2D eigenvalue weighted by molar-refractivity contribution is -0.133. The molecule has 2 unspecified atom stereocenters. The van der Waals surface area contributed by atoms with E-state index in [9.17, 15) is 14.7 Å². The van der Waals surface area contributed by atoms with Crippen molar-refractivity contribution in [3.63, 3.8) is 0 Å². The second-order valence-electron chi connectivity index (χ2n) is 10.2. The molecule has 2 saturated heterocycles. The SMILES string of the molecule is CC12Cc3c([nH]c4ccc(Br)cc34)C(c3cccc(O)c3)N1C(=O)N(CCCN1CCCC1)C2=O. The van der Waals surface area contributed by atoms with Crippen LogP contribution in [0.5, 0.6) is 5.75 Å². The number of aromatic amines is 1. The van der Waals surface area contributed by atoms with Crippen LogP contribution in [-0.2, 0) is 11.2 Å². The van der Waals surface area contributed by atoms with Crippen molar-refractivity contribution in [3.05, 3.63) is 63.8 Å². The number of phenolic OH excluding ortho intramolecular Hbond substituents is 1. The van der Waals surface area contributed by atoms with Crippen molar-refractivity contribution in [1.29, 1.82) is 0 Å². The van der Waals surface area contributed by atoms with Crippen molar-refractivity contribution in [2.24, 2.45) is 0 Å². The molecule has 182 valence electrons. The fraction of sp³-hybridized carbons (Fsp3) is 0.407. The molecule has 8 heteroatoms. The van der Waals surface area contributed by atoms with Gasteiger partial charge in [0.2, 0.25) is 0 Å². The summed E-state index contributed by atoms with van der Waals surface area (Å²) < 4.78 is 0.964. The molecule has 0 radical (unpaired) electrons. The number of nitrogens with zero attached hydrogens (tertiary/aromatic N) is 3. The Morgan fingerprint density at radius 3 is 2.69 bits per heavy atom. The quantitative estimate of drug-likeness (QED) is 0.459. The lowest BCUT2D eigenvalue weighted by Gasteiger charge is -2.42. The maximum atomic E-state index is 13.9. The van der Waals surface area contributed by atoms with E-state index in [1.165, 1.54) is 17.7 Å². The number of likely N-dealkylation sites (tertiary alicyclic amines) is 1. The van der Waals surface area contributed by atoms with E-state index < -0.39 is 11.6 Å². The highest BCUT2D eigenvalue weighted by atomic mass is 79.9. The van der Waals surface area contributed by atoms with Crippen LogP contribution >= 0.6 is 15.9 Å². The number of nitrogens with one attached hydrogen (secondary N) is 1. The van der Waals surface area contributed by atoms with Gasteiger partial charge in [0.1, 0.15) is 17.3 Å². The number of halogens is 1. The summed E-state index contributed by atoms with van der Waals surface area (Å²) in [5, 5.41) is 11.3. The molecule has 0 bridgehead atoms. The third-order valence-electron chi connectivity index (χ3n) is 7.87. The minimum Gasteiger partial charge on any atom is -0.508 e. The Bertz CT molecular complexity index is 1330. The van der Waals surface area contributed by atoms with E-state index in [4.69, 9.17) is 0 Å². The summed E-state index contributed by atoms with van der Waals surface area (Å²) in [6, 6.07) is 12.3. The molecule has 3 amide bonds. The summed E-state index contributed by atoms with van der Waals surface area (Å²) in [6.07, 6.45) is 3.67. The maximum Gasteiger partial charge on any atom is 0.328 e. The topological polar surface area (TPSA) is 79.9 Å². The predicted molar refractivity (Wildman–Crippen MR) is 137 cm³/mol. The molecule has 6 rings (SSSR count). The van der Waals surface area contributed by atoms with Gasteiger partial charge in [-0.2, -0.15) is 0 Å². The average Bonchev–Trinajstić information content (AvgIpc) is 3.51.